The van der Waals surface area contributed by atoms with Gasteiger partial charge in [0, 0.05) is 11.6 Å². The molecule has 1 unspecified atom stereocenters. The van der Waals surface area contributed by atoms with Gasteiger partial charge in [-0.15, -0.1) is 0 Å². The Kier molecular flexibility index (Phi) is 4.58. The van der Waals surface area contributed by atoms with Gasteiger partial charge in [0.25, 0.3) is 0 Å². The molecular weight excluding hydrogens is 257 g/mol. The summed E-state index contributed by atoms with van der Waals surface area (Å²) in [6, 6.07) is 12.1. The molecule has 1 atom stereocenters. The van der Waals surface area contributed by atoms with Gasteiger partial charge in [-0.05, 0) is 32.2 Å². The summed E-state index contributed by atoms with van der Waals surface area (Å²) in [5, 5.41) is 3.09. The van der Waals surface area contributed by atoms with Crippen LogP contribution < -0.4 is 14.8 Å². The van der Waals surface area contributed by atoms with Crippen molar-refractivity contribution in [3.8, 4) is 17.2 Å². The van der Waals surface area contributed by atoms with Gasteiger partial charge < -0.3 is 14.8 Å². The molecule has 0 amide bonds. The molecule has 2 rings (SSSR count). The predicted molar refractivity (Wildman–Crippen MR) is 76.9 cm³/mol. The molecule has 20 heavy (non-hydrogen) atoms. The van der Waals surface area contributed by atoms with Crippen molar-refractivity contribution < 1.29 is 13.9 Å². The molecule has 0 bridgehead atoms. The minimum Gasteiger partial charge on any atom is -0.493 e. The fraction of sp³-hybridized carbons (Fsp3) is 0.250. The molecule has 3 nitrogen and oxygen atoms in total. The molecule has 1 N–H and O–H groups in total. The third-order valence-corrected chi connectivity index (χ3v) is 3.18. The van der Waals surface area contributed by atoms with Crippen molar-refractivity contribution in [2.24, 2.45) is 0 Å². The van der Waals surface area contributed by atoms with E-state index in [1.807, 2.05) is 32.2 Å². The number of benzene rings is 2. The smallest absolute Gasteiger partial charge is 0.169 e. The Labute approximate surface area is 118 Å². The van der Waals surface area contributed by atoms with E-state index in [1.54, 1.807) is 25.3 Å². The topological polar surface area (TPSA) is 30.5 Å². The summed E-state index contributed by atoms with van der Waals surface area (Å²) in [6.45, 7) is 1.95. The second-order valence-corrected chi connectivity index (χ2v) is 4.42. The lowest BCUT2D eigenvalue weighted by atomic mass is 10.1. The van der Waals surface area contributed by atoms with Crippen LogP contribution in [-0.4, -0.2) is 14.2 Å². The monoisotopic (exact) mass is 275 g/mol. The normalized spacial score (nSPS) is 12.0. The van der Waals surface area contributed by atoms with E-state index in [9.17, 15) is 4.39 Å². The third-order valence-electron chi connectivity index (χ3n) is 3.18. The minimum absolute atomic E-state index is 0.0181. The molecule has 106 valence electrons. The first-order valence-electron chi connectivity index (χ1n) is 6.44. The first kappa shape index (κ1) is 14.3. The molecule has 0 heterocycles. The van der Waals surface area contributed by atoms with Gasteiger partial charge in [0.15, 0.2) is 23.1 Å². The van der Waals surface area contributed by atoms with Crippen LogP contribution in [0.25, 0.3) is 0 Å². The molecule has 0 radical (unpaired) electrons. The zero-order chi connectivity index (χ0) is 14.5. The number of rotatable bonds is 5. The van der Waals surface area contributed by atoms with Gasteiger partial charge in [0.05, 0.1) is 7.11 Å². The average molecular weight is 275 g/mol. The van der Waals surface area contributed by atoms with Crippen LogP contribution in [0.5, 0.6) is 17.2 Å². The Hall–Kier alpha value is -2.07. The standard InChI is InChI=1S/C16H18FNO2/c1-11(18-2)12-7-6-8-13(17)16(12)20-15-10-5-4-9-14(15)19-3/h4-11,18H,1-3H3. The van der Waals surface area contributed by atoms with Crippen molar-refractivity contribution in [1.82, 2.24) is 5.32 Å². The number of ether oxygens (including phenoxy) is 2. The van der Waals surface area contributed by atoms with Crippen molar-refractivity contribution in [3.63, 3.8) is 0 Å². The molecule has 2 aromatic carbocycles. The van der Waals surface area contributed by atoms with Gasteiger partial charge in [0.2, 0.25) is 0 Å². The molecule has 0 aliphatic heterocycles. The molecule has 0 aliphatic carbocycles. The summed E-state index contributed by atoms with van der Waals surface area (Å²) < 4.78 is 25.0. The van der Waals surface area contributed by atoms with E-state index in [-0.39, 0.29) is 11.8 Å². The van der Waals surface area contributed by atoms with Crippen LogP contribution >= 0.6 is 0 Å². The summed E-state index contributed by atoms with van der Waals surface area (Å²) in [5.41, 5.74) is 0.762. The maximum Gasteiger partial charge on any atom is 0.169 e. The summed E-state index contributed by atoms with van der Waals surface area (Å²) in [7, 11) is 3.38. The molecule has 0 fully saturated rings. The van der Waals surface area contributed by atoms with E-state index >= 15 is 0 Å². The first-order valence-corrected chi connectivity index (χ1v) is 6.44. The Balaban J connectivity index is 2.42. The number of nitrogens with one attached hydrogen (secondary N) is 1. The van der Waals surface area contributed by atoms with E-state index in [4.69, 9.17) is 9.47 Å². The van der Waals surface area contributed by atoms with Crippen LogP contribution in [0, 0.1) is 5.82 Å². The van der Waals surface area contributed by atoms with Crippen molar-refractivity contribution in [1.29, 1.82) is 0 Å². The third kappa shape index (κ3) is 2.91. The second kappa shape index (κ2) is 6.39. The highest BCUT2D eigenvalue weighted by Gasteiger charge is 2.16. The van der Waals surface area contributed by atoms with Gasteiger partial charge >= 0.3 is 0 Å². The van der Waals surface area contributed by atoms with Crippen molar-refractivity contribution >= 4 is 0 Å². The number of halogens is 1. The van der Waals surface area contributed by atoms with Gasteiger partial charge in [-0.3, -0.25) is 0 Å². The zero-order valence-corrected chi connectivity index (χ0v) is 11.8. The first-order chi connectivity index (χ1) is 9.67. The number of methoxy groups -OCH3 is 1. The molecule has 0 saturated carbocycles. The molecule has 4 heteroatoms. The van der Waals surface area contributed by atoms with Crippen molar-refractivity contribution in [2.75, 3.05) is 14.2 Å². The quantitative estimate of drug-likeness (QED) is 0.897. The van der Waals surface area contributed by atoms with Gasteiger partial charge in [-0.2, -0.15) is 0 Å². The Morgan fingerprint density at radius 1 is 1.05 bits per heavy atom. The predicted octanol–water partition coefficient (Wildman–Crippen LogP) is 3.91. The highest BCUT2D eigenvalue weighted by Crippen LogP contribution is 2.36. The molecule has 2 aromatic rings. The summed E-state index contributed by atoms with van der Waals surface area (Å²) in [6.07, 6.45) is 0. The van der Waals surface area contributed by atoms with Gasteiger partial charge in [-0.25, -0.2) is 4.39 Å². The van der Waals surface area contributed by atoms with Crippen molar-refractivity contribution in [2.45, 2.75) is 13.0 Å². The number of para-hydroxylation sites is 3. The Bertz CT molecular complexity index is 586. The van der Waals surface area contributed by atoms with Crippen LogP contribution in [0.1, 0.15) is 18.5 Å². The second-order valence-electron chi connectivity index (χ2n) is 4.42. The molecule has 0 spiro atoms. The number of hydrogen-bond donors (Lipinski definition) is 1. The minimum atomic E-state index is -0.393. The Morgan fingerprint density at radius 2 is 1.75 bits per heavy atom. The molecule has 0 aromatic heterocycles. The lowest BCUT2D eigenvalue weighted by Gasteiger charge is -2.17. The highest BCUT2D eigenvalue weighted by molar-refractivity contribution is 5.46. The Morgan fingerprint density at radius 3 is 2.40 bits per heavy atom. The SMILES string of the molecule is CNC(C)c1cccc(F)c1Oc1ccccc1OC. The van der Waals surface area contributed by atoms with E-state index in [0.29, 0.717) is 11.5 Å². The van der Waals surface area contributed by atoms with Gasteiger partial charge in [-0.1, -0.05) is 24.3 Å². The van der Waals surface area contributed by atoms with E-state index < -0.39 is 5.82 Å². The van der Waals surface area contributed by atoms with E-state index in [2.05, 4.69) is 5.32 Å². The zero-order valence-electron chi connectivity index (χ0n) is 11.8. The molecule has 0 saturated heterocycles. The molecule has 0 aliphatic rings. The van der Waals surface area contributed by atoms with E-state index in [1.165, 1.54) is 6.07 Å². The fourth-order valence-corrected chi connectivity index (χ4v) is 1.94. The fourth-order valence-electron chi connectivity index (χ4n) is 1.94. The largest absolute Gasteiger partial charge is 0.493 e. The maximum atomic E-state index is 14.1. The molecular formula is C16H18FNO2. The maximum absolute atomic E-state index is 14.1. The van der Waals surface area contributed by atoms with Crippen LogP contribution in [-0.2, 0) is 0 Å². The summed E-state index contributed by atoms with van der Waals surface area (Å²) in [4.78, 5) is 0. The van der Waals surface area contributed by atoms with Crippen LogP contribution in [0.3, 0.4) is 0 Å². The number of hydrogen-bond acceptors (Lipinski definition) is 3. The van der Waals surface area contributed by atoms with Crippen LogP contribution in [0.4, 0.5) is 4.39 Å². The van der Waals surface area contributed by atoms with Gasteiger partial charge in [0.1, 0.15) is 0 Å². The summed E-state index contributed by atoms with van der Waals surface area (Å²) in [5.74, 6) is 0.887. The van der Waals surface area contributed by atoms with Crippen LogP contribution in [0.2, 0.25) is 0 Å². The van der Waals surface area contributed by atoms with Crippen LogP contribution in [0.15, 0.2) is 42.5 Å². The highest BCUT2D eigenvalue weighted by atomic mass is 19.1. The van der Waals surface area contributed by atoms with E-state index in [0.717, 1.165) is 5.56 Å². The average Bonchev–Trinajstić information content (AvgIpc) is 2.49. The van der Waals surface area contributed by atoms with Crippen molar-refractivity contribution in [3.05, 3.63) is 53.8 Å². The summed E-state index contributed by atoms with van der Waals surface area (Å²) >= 11 is 0. The lowest BCUT2D eigenvalue weighted by molar-refractivity contribution is 0.367. The lowest BCUT2D eigenvalue weighted by Crippen LogP contribution is -2.13.